The van der Waals surface area contributed by atoms with E-state index in [2.05, 4.69) is 6.92 Å². The minimum atomic E-state index is -3.29. The lowest BCUT2D eigenvalue weighted by Crippen LogP contribution is -2.32. The number of alkyl halides is 2. The lowest BCUT2D eigenvalue weighted by Gasteiger charge is -2.38. The fourth-order valence-electron chi connectivity index (χ4n) is 5.84. The molecule has 0 bridgehead atoms. The van der Waals surface area contributed by atoms with Crippen LogP contribution in [-0.4, -0.2) is 6.10 Å². The maximum Gasteiger partial charge on any atom is 0.383 e. The minimum absolute atomic E-state index is 0.0305. The van der Waals surface area contributed by atoms with E-state index in [-0.39, 0.29) is 11.5 Å². The molecule has 0 radical (unpaired) electrons. The van der Waals surface area contributed by atoms with Gasteiger partial charge in [-0.25, -0.2) is 13.2 Å². The molecule has 2 aliphatic carbocycles. The zero-order valence-corrected chi connectivity index (χ0v) is 19.6. The molecule has 0 unspecified atom stereocenters. The number of aryl methyl sites for hydroxylation is 1. The van der Waals surface area contributed by atoms with Crippen molar-refractivity contribution in [3.63, 3.8) is 0 Å². The van der Waals surface area contributed by atoms with Gasteiger partial charge in [0.2, 0.25) is 0 Å². The Bertz CT molecular complexity index is 919. The lowest BCUT2D eigenvalue weighted by atomic mass is 9.69. The topological polar surface area (TPSA) is 9.23 Å². The molecule has 0 saturated heterocycles. The Morgan fingerprint density at radius 3 is 1.85 bits per heavy atom. The molecule has 34 heavy (non-hydrogen) atoms. The maximum absolute atomic E-state index is 14.7. The van der Waals surface area contributed by atoms with Gasteiger partial charge < -0.3 is 4.74 Å². The highest BCUT2D eigenvalue weighted by molar-refractivity contribution is 5.25. The van der Waals surface area contributed by atoms with E-state index < -0.39 is 29.7 Å². The molecule has 0 spiro atoms. The molecule has 4 rings (SSSR count). The second kappa shape index (κ2) is 10.8. The Morgan fingerprint density at radius 2 is 1.32 bits per heavy atom. The number of benzene rings is 2. The fourth-order valence-corrected chi connectivity index (χ4v) is 5.84. The second-order valence-corrected chi connectivity index (χ2v) is 10.0. The molecular weight excluding hydrogens is 447 g/mol. The summed E-state index contributed by atoms with van der Waals surface area (Å²) in [5.74, 6) is -2.71. The predicted octanol–water partition coefficient (Wildman–Crippen LogP) is 8.66. The summed E-state index contributed by atoms with van der Waals surface area (Å²) in [6, 6.07) is 8.66. The molecule has 0 N–H and O–H groups in total. The average Bonchev–Trinajstić information content (AvgIpc) is 2.83. The zero-order valence-electron chi connectivity index (χ0n) is 19.6. The highest BCUT2D eigenvalue weighted by Crippen LogP contribution is 2.44. The van der Waals surface area contributed by atoms with Crippen molar-refractivity contribution in [2.24, 2.45) is 11.8 Å². The zero-order chi connectivity index (χ0) is 24.3. The van der Waals surface area contributed by atoms with Crippen molar-refractivity contribution in [2.75, 3.05) is 0 Å². The smallest absolute Gasteiger partial charge is 0.313 e. The standard InChI is InChI=1S/C28H33F5O/c1-2-3-18-4-12-23(13-5-18)28(32,33)34-24-14-10-20(11-15-24)19-6-8-21(9-7-19)22-16-25(29)27(31)26(30)17-22/h4-5,12-13,16-17,19-21,24H,2-3,6-11,14-15H2,1H3. The van der Waals surface area contributed by atoms with Crippen molar-refractivity contribution in [3.8, 4) is 0 Å². The quantitative estimate of drug-likeness (QED) is 0.285. The second-order valence-electron chi connectivity index (χ2n) is 10.0. The highest BCUT2D eigenvalue weighted by atomic mass is 19.3. The summed E-state index contributed by atoms with van der Waals surface area (Å²) in [7, 11) is 0. The van der Waals surface area contributed by atoms with Crippen LogP contribution in [0.4, 0.5) is 22.0 Å². The maximum atomic E-state index is 14.7. The predicted molar refractivity (Wildman–Crippen MR) is 122 cm³/mol. The van der Waals surface area contributed by atoms with Crippen LogP contribution in [0, 0.1) is 29.3 Å². The molecule has 2 saturated carbocycles. The Labute approximate surface area is 198 Å². The van der Waals surface area contributed by atoms with Crippen LogP contribution in [0.1, 0.15) is 87.3 Å². The van der Waals surface area contributed by atoms with E-state index in [0.29, 0.717) is 30.2 Å². The monoisotopic (exact) mass is 480 g/mol. The van der Waals surface area contributed by atoms with Crippen molar-refractivity contribution >= 4 is 0 Å². The number of hydrogen-bond acceptors (Lipinski definition) is 1. The Kier molecular flexibility index (Phi) is 7.96. The summed E-state index contributed by atoms with van der Waals surface area (Å²) in [5, 5.41) is 0. The number of hydrogen-bond donors (Lipinski definition) is 0. The van der Waals surface area contributed by atoms with Gasteiger partial charge in [-0.1, -0.05) is 37.6 Å². The Morgan fingerprint density at radius 1 is 0.794 bits per heavy atom. The summed E-state index contributed by atoms with van der Waals surface area (Å²) in [6.45, 7) is 2.06. The first-order chi connectivity index (χ1) is 16.3. The SMILES string of the molecule is CCCc1ccc(C(F)(F)OC2CCC(C3CCC(c4cc(F)c(F)c(F)c4)CC3)CC2)cc1. The van der Waals surface area contributed by atoms with E-state index in [9.17, 15) is 22.0 Å². The molecule has 186 valence electrons. The van der Waals surface area contributed by atoms with Crippen molar-refractivity contribution in [3.05, 3.63) is 70.5 Å². The van der Waals surface area contributed by atoms with Gasteiger partial charge in [-0.3, -0.25) is 0 Å². The Balaban J connectivity index is 1.26. The van der Waals surface area contributed by atoms with Crippen LogP contribution >= 0.6 is 0 Å². The average molecular weight is 481 g/mol. The molecule has 0 aliphatic heterocycles. The lowest BCUT2D eigenvalue weighted by molar-refractivity contribution is -0.278. The highest BCUT2D eigenvalue weighted by Gasteiger charge is 2.39. The van der Waals surface area contributed by atoms with Gasteiger partial charge in [0.15, 0.2) is 17.5 Å². The number of halogens is 5. The molecule has 0 amide bonds. The first-order valence-corrected chi connectivity index (χ1v) is 12.6. The van der Waals surface area contributed by atoms with Gasteiger partial charge in [-0.15, -0.1) is 0 Å². The number of rotatable bonds is 7. The van der Waals surface area contributed by atoms with E-state index in [4.69, 9.17) is 4.74 Å². The molecule has 2 fully saturated rings. The van der Waals surface area contributed by atoms with Crippen LogP contribution in [0.25, 0.3) is 0 Å². The third-order valence-electron chi connectivity index (χ3n) is 7.78. The third-order valence-corrected chi connectivity index (χ3v) is 7.78. The molecule has 0 atom stereocenters. The van der Waals surface area contributed by atoms with Gasteiger partial charge in [0.25, 0.3) is 0 Å². The van der Waals surface area contributed by atoms with Crippen LogP contribution in [-0.2, 0) is 17.3 Å². The molecule has 2 aliphatic rings. The molecule has 1 nitrogen and oxygen atoms in total. The summed E-state index contributed by atoms with van der Waals surface area (Å²) in [4.78, 5) is 0. The summed E-state index contributed by atoms with van der Waals surface area (Å²) < 4.78 is 75.1. The molecule has 0 aromatic heterocycles. The van der Waals surface area contributed by atoms with Crippen LogP contribution in [0.3, 0.4) is 0 Å². The van der Waals surface area contributed by atoms with E-state index in [1.165, 1.54) is 12.1 Å². The van der Waals surface area contributed by atoms with Crippen molar-refractivity contribution in [1.29, 1.82) is 0 Å². The summed E-state index contributed by atoms with van der Waals surface area (Å²) in [6.07, 6.45) is 4.50. The van der Waals surface area contributed by atoms with E-state index in [1.54, 1.807) is 12.1 Å². The summed E-state index contributed by atoms with van der Waals surface area (Å²) >= 11 is 0. The van der Waals surface area contributed by atoms with Crippen LogP contribution in [0.15, 0.2) is 36.4 Å². The molecular formula is C28H33F5O. The van der Waals surface area contributed by atoms with E-state index in [0.717, 1.165) is 69.1 Å². The van der Waals surface area contributed by atoms with Crippen molar-refractivity contribution in [1.82, 2.24) is 0 Å². The normalized spacial score (nSPS) is 25.9. The Hall–Kier alpha value is -1.95. The first kappa shape index (κ1) is 25.2. The van der Waals surface area contributed by atoms with E-state index >= 15 is 0 Å². The van der Waals surface area contributed by atoms with Crippen molar-refractivity contribution < 1.29 is 26.7 Å². The largest absolute Gasteiger partial charge is 0.383 e. The molecule has 6 heteroatoms. The van der Waals surface area contributed by atoms with Crippen molar-refractivity contribution in [2.45, 2.75) is 89.3 Å². The van der Waals surface area contributed by atoms with Gasteiger partial charge in [0.1, 0.15) is 0 Å². The minimum Gasteiger partial charge on any atom is -0.313 e. The van der Waals surface area contributed by atoms with Gasteiger partial charge in [-0.05, 0) is 98.8 Å². The molecule has 2 aromatic rings. The van der Waals surface area contributed by atoms with E-state index in [1.807, 2.05) is 0 Å². The van der Waals surface area contributed by atoms with Gasteiger partial charge in [-0.2, -0.15) is 8.78 Å². The number of ether oxygens (including phenoxy) is 1. The molecule has 2 aromatic carbocycles. The first-order valence-electron chi connectivity index (χ1n) is 12.6. The van der Waals surface area contributed by atoms with Crippen LogP contribution in [0.2, 0.25) is 0 Å². The fraction of sp³-hybridized carbons (Fsp3) is 0.571. The summed E-state index contributed by atoms with van der Waals surface area (Å²) in [5.41, 5.74) is 1.48. The van der Waals surface area contributed by atoms with Gasteiger partial charge in [0, 0.05) is 0 Å². The van der Waals surface area contributed by atoms with Crippen LogP contribution in [0.5, 0.6) is 0 Å². The molecule has 0 heterocycles. The van der Waals surface area contributed by atoms with Crippen LogP contribution < -0.4 is 0 Å². The van der Waals surface area contributed by atoms with Gasteiger partial charge >= 0.3 is 6.11 Å². The van der Waals surface area contributed by atoms with Gasteiger partial charge in [0.05, 0.1) is 11.7 Å². The third kappa shape index (κ3) is 5.81.